The number of halogens is 1. The summed E-state index contributed by atoms with van der Waals surface area (Å²) in [6.45, 7) is 2.02. The number of hydrogen-bond donors (Lipinski definition) is 1. The summed E-state index contributed by atoms with van der Waals surface area (Å²) in [6, 6.07) is 24.1. The Hall–Kier alpha value is -3.49. The second-order valence-corrected chi connectivity index (χ2v) is 9.39. The van der Waals surface area contributed by atoms with Crippen molar-refractivity contribution in [3.8, 4) is 5.69 Å². The van der Waals surface area contributed by atoms with E-state index in [1.165, 1.54) is 29.5 Å². The van der Waals surface area contributed by atoms with Crippen molar-refractivity contribution in [2.75, 3.05) is 25.2 Å². The predicted octanol–water partition coefficient (Wildman–Crippen LogP) is 5.35. The number of amides is 1. The highest BCUT2D eigenvalue weighted by Gasteiger charge is 2.21. The van der Waals surface area contributed by atoms with E-state index < -0.39 is 0 Å². The summed E-state index contributed by atoms with van der Waals surface area (Å²) in [6.07, 6.45) is 0.731. The van der Waals surface area contributed by atoms with Gasteiger partial charge in [0.1, 0.15) is 5.82 Å². The van der Waals surface area contributed by atoms with Crippen molar-refractivity contribution in [2.24, 2.45) is 0 Å². The van der Waals surface area contributed by atoms with E-state index in [4.69, 9.17) is 0 Å². The fraction of sp³-hybridized carbons (Fsp3) is 0.222. The van der Waals surface area contributed by atoms with E-state index in [1.54, 1.807) is 12.1 Å². The van der Waals surface area contributed by atoms with Gasteiger partial charge in [0.2, 0.25) is 5.91 Å². The van der Waals surface area contributed by atoms with Crippen LogP contribution in [0.15, 0.2) is 84.0 Å². The number of nitrogens with zero attached hydrogens (tertiary/aromatic N) is 4. The monoisotopic (exact) mass is 489 g/mol. The summed E-state index contributed by atoms with van der Waals surface area (Å²) in [7, 11) is 3.92. The number of benzene rings is 3. The zero-order chi connectivity index (χ0) is 24.8. The van der Waals surface area contributed by atoms with Crippen molar-refractivity contribution in [2.45, 2.75) is 24.5 Å². The van der Waals surface area contributed by atoms with Crippen molar-refractivity contribution in [3.05, 3.63) is 102 Å². The number of thioether (sulfide) groups is 1. The van der Waals surface area contributed by atoms with Crippen LogP contribution in [0.3, 0.4) is 0 Å². The molecule has 0 saturated carbocycles. The number of hydrogen-bond acceptors (Lipinski definition) is 5. The lowest BCUT2D eigenvalue weighted by Crippen LogP contribution is -2.21. The highest BCUT2D eigenvalue weighted by molar-refractivity contribution is 7.99. The minimum absolute atomic E-state index is 0.0272. The van der Waals surface area contributed by atoms with Gasteiger partial charge in [-0.15, -0.1) is 10.2 Å². The normalized spacial score (nSPS) is 12.0. The van der Waals surface area contributed by atoms with Gasteiger partial charge < -0.3 is 5.32 Å². The Balaban J connectivity index is 1.50. The number of carbonyl (C=O) groups is 1. The van der Waals surface area contributed by atoms with Crippen molar-refractivity contribution < 1.29 is 9.18 Å². The van der Waals surface area contributed by atoms with E-state index in [-0.39, 0.29) is 23.5 Å². The van der Waals surface area contributed by atoms with Crippen LogP contribution in [0, 0.1) is 5.82 Å². The lowest BCUT2D eigenvalue weighted by atomic mass is 10.0. The first-order valence-electron chi connectivity index (χ1n) is 11.3. The second-order valence-electron chi connectivity index (χ2n) is 8.45. The Morgan fingerprint density at radius 1 is 1.00 bits per heavy atom. The van der Waals surface area contributed by atoms with E-state index in [1.807, 2.05) is 73.0 Å². The van der Waals surface area contributed by atoms with E-state index in [2.05, 4.69) is 27.6 Å². The van der Waals surface area contributed by atoms with E-state index >= 15 is 0 Å². The summed E-state index contributed by atoms with van der Waals surface area (Å²) in [4.78, 5) is 14.9. The third-order valence-corrected chi connectivity index (χ3v) is 6.68. The standard InChI is InChI=1S/C27H28FN5OS/c1-19(32(2)3)26-30-31-27(33(26)23-15-13-22(28)14-16-23)35-18-25(34)29-24-12-8-7-11-21(24)17-20-9-5-4-6-10-20/h4-16,19H,17-18H2,1-3H3,(H,29,34). The van der Waals surface area contributed by atoms with Gasteiger partial charge in [-0.25, -0.2) is 4.39 Å². The van der Waals surface area contributed by atoms with Crippen LogP contribution in [-0.4, -0.2) is 45.4 Å². The molecule has 3 aromatic carbocycles. The third-order valence-electron chi connectivity index (χ3n) is 5.75. The van der Waals surface area contributed by atoms with Crippen molar-refractivity contribution in [3.63, 3.8) is 0 Å². The number of para-hydroxylation sites is 1. The molecular weight excluding hydrogens is 461 g/mol. The van der Waals surface area contributed by atoms with Crippen LogP contribution in [0.25, 0.3) is 5.69 Å². The molecule has 1 atom stereocenters. The molecule has 4 rings (SSSR count). The molecule has 4 aromatic rings. The molecule has 1 unspecified atom stereocenters. The van der Waals surface area contributed by atoms with E-state index in [0.717, 1.165) is 29.2 Å². The molecule has 0 spiro atoms. The topological polar surface area (TPSA) is 63.1 Å². The van der Waals surface area contributed by atoms with E-state index in [0.29, 0.717) is 5.16 Å². The Morgan fingerprint density at radius 2 is 1.69 bits per heavy atom. The van der Waals surface area contributed by atoms with Gasteiger partial charge in [-0.05, 0) is 68.9 Å². The average molecular weight is 490 g/mol. The fourth-order valence-electron chi connectivity index (χ4n) is 3.64. The highest BCUT2D eigenvalue weighted by Crippen LogP contribution is 2.27. The molecule has 1 N–H and O–H groups in total. The number of rotatable bonds is 9. The molecule has 1 heterocycles. The molecule has 0 saturated heterocycles. The molecule has 0 fully saturated rings. The maximum Gasteiger partial charge on any atom is 0.234 e. The minimum atomic E-state index is -0.313. The van der Waals surface area contributed by atoms with Gasteiger partial charge in [0, 0.05) is 11.4 Å². The highest BCUT2D eigenvalue weighted by atomic mass is 32.2. The van der Waals surface area contributed by atoms with Crippen molar-refractivity contribution in [1.29, 1.82) is 0 Å². The summed E-state index contributed by atoms with van der Waals surface area (Å²) < 4.78 is 15.4. The molecule has 180 valence electrons. The van der Waals surface area contributed by atoms with Crippen LogP contribution >= 0.6 is 11.8 Å². The number of anilines is 1. The Labute approximate surface area is 209 Å². The summed E-state index contributed by atoms with van der Waals surface area (Å²) >= 11 is 1.30. The molecule has 1 amide bonds. The van der Waals surface area contributed by atoms with Crippen LogP contribution in [0.1, 0.15) is 29.9 Å². The summed E-state index contributed by atoms with van der Waals surface area (Å²) in [5, 5.41) is 12.3. The zero-order valence-electron chi connectivity index (χ0n) is 20.0. The molecule has 35 heavy (non-hydrogen) atoms. The van der Waals surface area contributed by atoms with E-state index in [9.17, 15) is 9.18 Å². The molecule has 8 heteroatoms. The lowest BCUT2D eigenvalue weighted by molar-refractivity contribution is -0.113. The lowest BCUT2D eigenvalue weighted by Gasteiger charge is -2.20. The molecule has 6 nitrogen and oxygen atoms in total. The predicted molar refractivity (Wildman–Crippen MR) is 138 cm³/mol. The van der Waals surface area contributed by atoms with Crippen LogP contribution in [0.4, 0.5) is 10.1 Å². The largest absolute Gasteiger partial charge is 0.325 e. The minimum Gasteiger partial charge on any atom is -0.325 e. The molecular formula is C27H28FN5OS. The molecule has 0 radical (unpaired) electrons. The van der Waals surface area contributed by atoms with Gasteiger partial charge in [0.25, 0.3) is 0 Å². The molecule has 0 aliphatic carbocycles. The fourth-order valence-corrected chi connectivity index (χ4v) is 4.40. The van der Waals surface area contributed by atoms with Gasteiger partial charge in [-0.1, -0.05) is 60.3 Å². The van der Waals surface area contributed by atoms with Crippen LogP contribution in [-0.2, 0) is 11.2 Å². The van der Waals surface area contributed by atoms with Crippen molar-refractivity contribution >= 4 is 23.4 Å². The number of nitrogens with one attached hydrogen (secondary N) is 1. The van der Waals surface area contributed by atoms with Crippen LogP contribution < -0.4 is 5.32 Å². The Kier molecular flexibility index (Phi) is 7.94. The maximum atomic E-state index is 13.5. The first kappa shape index (κ1) is 24.6. The first-order chi connectivity index (χ1) is 16.9. The second kappa shape index (κ2) is 11.3. The molecule has 0 aliphatic heterocycles. The smallest absolute Gasteiger partial charge is 0.234 e. The average Bonchev–Trinajstić information content (AvgIpc) is 3.28. The SMILES string of the molecule is CC(c1nnc(SCC(=O)Nc2ccccc2Cc2ccccc2)n1-c1ccc(F)cc1)N(C)C. The number of aromatic nitrogens is 3. The summed E-state index contributed by atoms with van der Waals surface area (Å²) in [5.41, 5.74) is 3.77. The van der Waals surface area contributed by atoms with Crippen LogP contribution in [0.2, 0.25) is 0 Å². The van der Waals surface area contributed by atoms with Gasteiger partial charge in [0.15, 0.2) is 11.0 Å². The Bertz CT molecular complexity index is 1270. The molecule has 1 aromatic heterocycles. The molecule has 0 aliphatic rings. The Morgan fingerprint density at radius 3 is 2.40 bits per heavy atom. The van der Waals surface area contributed by atoms with Gasteiger partial charge in [-0.3, -0.25) is 14.3 Å². The van der Waals surface area contributed by atoms with Gasteiger partial charge in [-0.2, -0.15) is 0 Å². The third kappa shape index (κ3) is 6.15. The first-order valence-corrected chi connectivity index (χ1v) is 12.3. The van der Waals surface area contributed by atoms with Crippen LogP contribution in [0.5, 0.6) is 0 Å². The molecule has 0 bridgehead atoms. The van der Waals surface area contributed by atoms with Crippen molar-refractivity contribution in [1.82, 2.24) is 19.7 Å². The number of carbonyl (C=O) groups excluding carboxylic acids is 1. The van der Waals surface area contributed by atoms with Gasteiger partial charge in [0.05, 0.1) is 11.8 Å². The summed E-state index contributed by atoms with van der Waals surface area (Å²) in [5.74, 6) is 0.436. The van der Waals surface area contributed by atoms with Gasteiger partial charge >= 0.3 is 0 Å². The maximum absolute atomic E-state index is 13.5. The zero-order valence-corrected chi connectivity index (χ0v) is 20.8. The quantitative estimate of drug-likeness (QED) is 0.321.